The average Bonchev–Trinajstić information content (AvgIpc) is 2.51. The van der Waals surface area contributed by atoms with Crippen LogP contribution in [0, 0.1) is 5.92 Å². The van der Waals surface area contributed by atoms with E-state index in [1.54, 1.807) is 6.20 Å². The summed E-state index contributed by atoms with van der Waals surface area (Å²) >= 11 is 0. The predicted molar refractivity (Wildman–Crippen MR) is 90.4 cm³/mol. The average molecular weight is 304 g/mol. The van der Waals surface area contributed by atoms with Gasteiger partial charge in [-0.2, -0.15) is 0 Å². The van der Waals surface area contributed by atoms with Gasteiger partial charge in [0.25, 0.3) is 5.91 Å². The predicted octanol–water partition coefficient (Wildman–Crippen LogP) is 2.00. The van der Waals surface area contributed by atoms with Crippen LogP contribution in [0.1, 0.15) is 36.7 Å². The highest BCUT2D eigenvalue weighted by atomic mass is 16.1. The molecule has 1 aliphatic heterocycles. The van der Waals surface area contributed by atoms with Crippen molar-refractivity contribution in [2.75, 3.05) is 45.2 Å². The Hall–Kier alpha value is -1.62. The van der Waals surface area contributed by atoms with Crippen LogP contribution in [0.15, 0.2) is 18.3 Å². The van der Waals surface area contributed by atoms with Crippen molar-refractivity contribution in [3.8, 4) is 0 Å². The van der Waals surface area contributed by atoms with E-state index in [0.717, 1.165) is 31.7 Å². The van der Waals surface area contributed by atoms with Crippen molar-refractivity contribution >= 4 is 11.6 Å². The summed E-state index contributed by atoms with van der Waals surface area (Å²) in [6, 6.07) is 3.92. The fourth-order valence-electron chi connectivity index (χ4n) is 2.85. The minimum Gasteiger partial charge on any atom is -0.371 e. The van der Waals surface area contributed by atoms with Gasteiger partial charge in [-0.1, -0.05) is 6.92 Å². The summed E-state index contributed by atoms with van der Waals surface area (Å²) in [7, 11) is 4.07. The van der Waals surface area contributed by atoms with E-state index in [0.29, 0.717) is 18.2 Å². The Morgan fingerprint density at radius 3 is 3.05 bits per heavy atom. The molecular weight excluding hydrogens is 276 g/mol. The summed E-state index contributed by atoms with van der Waals surface area (Å²) in [6.07, 6.45) is 5.20. The third-order valence-electron chi connectivity index (χ3n) is 4.07. The quantitative estimate of drug-likeness (QED) is 0.817. The van der Waals surface area contributed by atoms with Crippen molar-refractivity contribution in [1.82, 2.24) is 15.2 Å². The second kappa shape index (κ2) is 8.13. The topological polar surface area (TPSA) is 48.5 Å². The number of carbonyl (C=O) groups excluding carboxylic acids is 1. The molecular formula is C17H28N4O. The first kappa shape index (κ1) is 16.7. The Bertz CT molecular complexity index is 489. The Morgan fingerprint density at radius 2 is 2.32 bits per heavy atom. The van der Waals surface area contributed by atoms with Gasteiger partial charge in [-0.3, -0.25) is 9.78 Å². The molecule has 1 amide bonds. The molecule has 1 N–H and O–H groups in total. The van der Waals surface area contributed by atoms with Gasteiger partial charge in [0.1, 0.15) is 5.69 Å². The van der Waals surface area contributed by atoms with Crippen LogP contribution >= 0.6 is 0 Å². The zero-order chi connectivity index (χ0) is 15.9. The van der Waals surface area contributed by atoms with Crippen molar-refractivity contribution in [2.24, 2.45) is 5.92 Å². The summed E-state index contributed by atoms with van der Waals surface area (Å²) < 4.78 is 0. The summed E-state index contributed by atoms with van der Waals surface area (Å²) in [5.41, 5.74) is 1.63. The molecule has 0 spiro atoms. The first-order valence-electron chi connectivity index (χ1n) is 8.20. The number of carbonyl (C=O) groups is 1. The molecule has 0 radical (unpaired) electrons. The van der Waals surface area contributed by atoms with E-state index in [-0.39, 0.29) is 5.91 Å². The van der Waals surface area contributed by atoms with Gasteiger partial charge < -0.3 is 15.1 Å². The molecule has 1 fully saturated rings. The van der Waals surface area contributed by atoms with Crippen molar-refractivity contribution in [1.29, 1.82) is 0 Å². The van der Waals surface area contributed by atoms with Crippen LogP contribution in [0.5, 0.6) is 0 Å². The van der Waals surface area contributed by atoms with Gasteiger partial charge in [-0.25, -0.2) is 0 Å². The van der Waals surface area contributed by atoms with Gasteiger partial charge in [0.15, 0.2) is 0 Å². The van der Waals surface area contributed by atoms with Crippen LogP contribution in [-0.2, 0) is 0 Å². The number of rotatable bonds is 6. The Labute approximate surface area is 133 Å². The van der Waals surface area contributed by atoms with E-state index >= 15 is 0 Å². The SMILES string of the molecule is CC1CCCN(c2ccnc(C(=O)NCCCN(C)C)c2)C1. The summed E-state index contributed by atoms with van der Waals surface area (Å²) in [5.74, 6) is 0.635. The van der Waals surface area contributed by atoms with Crippen molar-refractivity contribution in [3.05, 3.63) is 24.0 Å². The number of amides is 1. The Morgan fingerprint density at radius 1 is 1.50 bits per heavy atom. The van der Waals surface area contributed by atoms with Gasteiger partial charge in [0.05, 0.1) is 0 Å². The number of hydrogen-bond donors (Lipinski definition) is 1. The molecule has 0 saturated carbocycles. The number of hydrogen-bond acceptors (Lipinski definition) is 4. The maximum Gasteiger partial charge on any atom is 0.269 e. The van der Waals surface area contributed by atoms with E-state index in [1.165, 1.54) is 12.8 Å². The zero-order valence-corrected chi connectivity index (χ0v) is 14.0. The molecule has 1 aliphatic rings. The minimum absolute atomic E-state index is 0.0781. The monoisotopic (exact) mass is 304 g/mol. The molecule has 5 nitrogen and oxygen atoms in total. The molecule has 1 saturated heterocycles. The standard InChI is InChI=1S/C17H28N4O/c1-14-6-4-11-21(13-14)15-7-9-18-16(12-15)17(22)19-8-5-10-20(2)3/h7,9,12,14H,4-6,8,10-11,13H2,1-3H3,(H,19,22). The maximum atomic E-state index is 12.2. The van der Waals surface area contributed by atoms with Crippen molar-refractivity contribution in [3.63, 3.8) is 0 Å². The van der Waals surface area contributed by atoms with Gasteiger partial charge in [0.2, 0.25) is 0 Å². The van der Waals surface area contributed by atoms with Gasteiger partial charge in [0, 0.05) is 31.5 Å². The third-order valence-corrected chi connectivity index (χ3v) is 4.07. The van der Waals surface area contributed by atoms with Crippen molar-refractivity contribution < 1.29 is 4.79 Å². The molecule has 1 atom stereocenters. The zero-order valence-electron chi connectivity index (χ0n) is 14.0. The fourth-order valence-corrected chi connectivity index (χ4v) is 2.85. The number of anilines is 1. The lowest BCUT2D eigenvalue weighted by molar-refractivity contribution is 0.0947. The molecule has 2 rings (SSSR count). The number of nitrogens with zero attached hydrogens (tertiary/aromatic N) is 3. The summed E-state index contributed by atoms with van der Waals surface area (Å²) in [4.78, 5) is 20.9. The smallest absolute Gasteiger partial charge is 0.269 e. The van der Waals surface area contributed by atoms with E-state index in [2.05, 4.69) is 27.0 Å². The van der Waals surface area contributed by atoms with Crippen LogP contribution in [0.2, 0.25) is 0 Å². The number of piperidine rings is 1. The molecule has 0 bridgehead atoms. The molecule has 22 heavy (non-hydrogen) atoms. The fraction of sp³-hybridized carbons (Fsp3) is 0.647. The second-order valence-electron chi connectivity index (χ2n) is 6.51. The normalized spacial score (nSPS) is 18.5. The molecule has 0 aromatic carbocycles. The van der Waals surface area contributed by atoms with Crippen molar-refractivity contribution in [2.45, 2.75) is 26.2 Å². The minimum atomic E-state index is -0.0781. The number of nitrogens with one attached hydrogen (secondary N) is 1. The molecule has 5 heteroatoms. The van der Waals surface area contributed by atoms with Crippen LogP contribution < -0.4 is 10.2 Å². The summed E-state index contributed by atoms with van der Waals surface area (Å²) in [6.45, 7) is 6.07. The maximum absolute atomic E-state index is 12.2. The van der Waals surface area contributed by atoms with Crippen LogP contribution in [0.4, 0.5) is 5.69 Å². The van der Waals surface area contributed by atoms with Crippen LogP contribution in [0.3, 0.4) is 0 Å². The lowest BCUT2D eigenvalue weighted by Gasteiger charge is -2.32. The first-order valence-corrected chi connectivity index (χ1v) is 8.20. The Kier molecular flexibility index (Phi) is 6.19. The van der Waals surface area contributed by atoms with Gasteiger partial charge in [-0.05, 0) is 58.0 Å². The molecule has 1 unspecified atom stereocenters. The first-order chi connectivity index (χ1) is 10.6. The van der Waals surface area contributed by atoms with Crippen LogP contribution in [-0.4, -0.2) is 56.1 Å². The molecule has 1 aromatic heterocycles. The second-order valence-corrected chi connectivity index (χ2v) is 6.51. The highest BCUT2D eigenvalue weighted by Crippen LogP contribution is 2.22. The lowest BCUT2D eigenvalue weighted by Crippen LogP contribution is -2.34. The molecule has 1 aromatic rings. The summed E-state index contributed by atoms with van der Waals surface area (Å²) in [5, 5.41) is 2.95. The number of pyridine rings is 1. The van der Waals surface area contributed by atoms with E-state index in [9.17, 15) is 4.79 Å². The van der Waals surface area contributed by atoms with E-state index in [4.69, 9.17) is 0 Å². The third kappa shape index (κ3) is 4.98. The van der Waals surface area contributed by atoms with Gasteiger partial charge in [-0.15, -0.1) is 0 Å². The van der Waals surface area contributed by atoms with E-state index < -0.39 is 0 Å². The highest BCUT2D eigenvalue weighted by Gasteiger charge is 2.18. The van der Waals surface area contributed by atoms with E-state index in [1.807, 2.05) is 26.2 Å². The van der Waals surface area contributed by atoms with Crippen LogP contribution in [0.25, 0.3) is 0 Å². The molecule has 2 heterocycles. The largest absolute Gasteiger partial charge is 0.371 e. The molecule has 0 aliphatic carbocycles. The number of aromatic nitrogens is 1. The highest BCUT2D eigenvalue weighted by molar-refractivity contribution is 5.93. The van der Waals surface area contributed by atoms with Gasteiger partial charge >= 0.3 is 0 Å². The molecule has 122 valence electrons. The lowest BCUT2D eigenvalue weighted by atomic mass is 10.00. The Balaban J connectivity index is 1.91.